The van der Waals surface area contributed by atoms with E-state index in [4.69, 9.17) is 11.6 Å². The average molecular weight is 347 g/mol. The lowest BCUT2D eigenvalue weighted by atomic mass is 10.0. The number of piperidine rings is 1. The van der Waals surface area contributed by atoms with Gasteiger partial charge in [-0.3, -0.25) is 9.48 Å². The molecule has 2 aromatic rings. The van der Waals surface area contributed by atoms with Crippen molar-refractivity contribution in [2.45, 2.75) is 51.6 Å². The topological polar surface area (TPSA) is 43.1 Å². The molecule has 2 fully saturated rings. The monoisotopic (exact) mass is 346 g/mol. The minimum absolute atomic E-state index is 0.173. The van der Waals surface area contributed by atoms with Crippen LogP contribution >= 0.6 is 11.6 Å². The molecule has 0 atom stereocenters. The molecule has 1 saturated heterocycles. The second kappa shape index (κ2) is 5.96. The van der Waals surface area contributed by atoms with Gasteiger partial charge in [-0.15, -0.1) is 0 Å². The Hall–Kier alpha value is -1.75. The van der Waals surface area contributed by atoms with E-state index in [1.165, 1.54) is 18.5 Å². The van der Waals surface area contributed by atoms with E-state index in [1.54, 1.807) is 6.20 Å². The highest BCUT2D eigenvalue weighted by atomic mass is 35.5. The predicted octanol–water partition coefficient (Wildman–Crippen LogP) is 3.77. The zero-order valence-corrected chi connectivity index (χ0v) is 15.0. The summed E-state index contributed by atoms with van der Waals surface area (Å²) in [6.07, 6.45) is 7.86. The Bertz CT molecular complexity index is 766. The largest absolute Gasteiger partial charge is 0.345 e. The van der Waals surface area contributed by atoms with Gasteiger partial charge >= 0.3 is 0 Å². The number of amides is 1. The number of hydrogen-bond donors (Lipinski definition) is 0. The SMILES string of the molecule is Cc1cc(C(=O)N2CCC(n3cc(Cl)cn3)CC2)c(C)n1C1CC1. The molecular formula is C18H23ClN4O. The third-order valence-corrected chi connectivity index (χ3v) is 5.52. The van der Waals surface area contributed by atoms with Gasteiger partial charge in [-0.1, -0.05) is 11.6 Å². The normalized spacial score (nSPS) is 19.0. The fourth-order valence-corrected chi connectivity index (χ4v) is 4.05. The fourth-order valence-electron chi connectivity index (χ4n) is 3.91. The van der Waals surface area contributed by atoms with Crippen molar-refractivity contribution in [2.24, 2.45) is 0 Å². The quantitative estimate of drug-likeness (QED) is 0.849. The molecule has 0 unspecified atom stereocenters. The maximum Gasteiger partial charge on any atom is 0.255 e. The minimum atomic E-state index is 0.173. The third kappa shape index (κ3) is 2.75. The second-order valence-corrected chi connectivity index (χ2v) is 7.48. The van der Waals surface area contributed by atoms with Gasteiger partial charge in [-0.05, 0) is 45.6 Å². The van der Waals surface area contributed by atoms with E-state index in [9.17, 15) is 4.79 Å². The minimum Gasteiger partial charge on any atom is -0.345 e. The van der Waals surface area contributed by atoms with Gasteiger partial charge in [0.1, 0.15) is 0 Å². The van der Waals surface area contributed by atoms with Crippen molar-refractivity contribution in [2.75, 3.05) is 13.1 Å². The molecule has 0 bridgehead atoms. The summed E-state index contributed by atoms with van der Waals surface area (Å²) in [6.45, 7) is 5.73. The molecule has 0 N–H and O–H groups in total. The Morgan fingerprint density at radius 3 is 2.46 bits per heavy atom. The first kappa shape index (κ1) is 15.8. The van der Waals surface area contributed by atoms with Crippen LogP contribution in [0.2, 0.25) is 5.02 Å². The Morgan fingerprint density at radius 2 is 1.88 bits per heavy atom. The number of nitrogens with zero attached hydrogens (tertiary/aromatic N) is 4. The number of carbonyl (C=O) groups is 1. The lowest BCUT2D eigenvalue weighted by molar-refractivity contribution is 0.0689. The Kier molecular flexibility index (Phi) is 3.91. The maximum absolute atomic E-state index is 12.9. The number of likely N-dealkylation sites (tertiary alicyclic amines) is 1. The number of hydrogen-bond acceptors (Lipinski definition) is 2. The summed E-state index contributed by atoms with van der Waals surface area (Å²) in [5, 5.41) is 4.97. The molecule has 5 nitrogen and oxygen atoms in total. The van der Waals surface area contributed by atoms with Crippen LogP contribution in [0.4, 0.5) is 0 Å². The van der Waals surface area contributed by atoms with Crippen LogP contribution in [0.1, 0.15) is 59.5 Å². The van der Waals surface area contributed by atoms with Crippen LogP contribution in [0, 0.1) is 13.8 Å². The van der Waals surface area contributed by atoms with Gasteiger partial charge in [0.15, 0.2) is 0 Å². The van der Waals surface area contributed by atoms with Crippen molar-refractivity contribution < 1.29 is 4.79 Å². The highest BCUT2D eigenvalue weighted by molar-refractivity contribution is 6.30. The van der Waals surface area contributed by atoms with Crippen LogP contribution in [-0.2, 0) is 0 Å². The van der Waals surface area contributed by atoms with Crippen molar-refractivity contribution in [1.82, 2.24) is 19.2 Å². The van der Waals surface area contributed by atoms with E-state index < -0.39 is 0 Å². The lowest BCUT2D eigenvalue weighted by Gasteiger charge is -2.32. The van der Waals surface area contributed by atoms with Crippen LogP contribution in [0.3, 0.4) is 0 Å². The molecule has 0 aromatic carbocycles. The van der Waals surface area contributed by atoms with Gasteiger partial charge < -0.3 is 9.47 Å². The summed E-state index contributed by atoms with van der Waals surface area (Å²) in [7, 11) is 0. The molecule has 1 aliphatic heterocycles. The molecule has 128 valence electrons. The van der Waals surface area contributed by atoms with Crippen LogP contribution in [0.5, 0.6) is 0 Å². The van der Waals surface area contributed by atoms with E-state index in [0.717, 1.165) is 37.2 Å². The Balaban J connectivity index is 1.46. The fraction of sp³-hybridized carbons (Fsp3) is 0.556. The summed E-state index contributed by atoms with van der Waals surface area (Å²) >= 11 is 5.95. The lowest BCUT2D eigenvalue weighted by Crippen LogP contribution is -2.39. The number of halogens is 1. The first-order valence-corrected chi connectivity index (χ1v) is 9.09. The van der Waals surface area contributed by atoms with E-state index >= 15 is 0 Å². The molecule has 3 heterocycles. The summed E-state index contributed by atoms with van der Waals surface area (Å²) in [6, 6.07) is 3.01. The molecule has 24 heavy (non-hydrogen) atoms. The zero-order valence-electron chi connectivity index (χ0n) is 14.2. The predicted molar refractivity (Wildman–Crippen MR) is 93.6 cm³/mol. The molecular weight excluding hydrogens is 324 g/mol. The molecule has 1 aliphatic carbocycles. The van der Waals surface area contributed by atoms with Crippen molar-refractivity contribution >= 4 is 17.5 Å². The van der Waals surface area contributed by atoms with Gasteiger partial charge in [-0.2, -0.15) is 5.10 Å². The average Bonchev–Trinajstić information content (AvgIpc) is 3.24. The zero-order chi connectivity index (χ0) is 16.8. The first-order valence-electron chi connectivity index (χ1n) is 8.72. The Labute approximate surface area is 147 Å². The highest BCUT2D eigenvalue weighted by Gasteiger charge is 2.31. The summed E-state index contributed by atoms with van der Waals surface area (Å²) in [4.78, 5) is 14.9. The molecule has 4 rings (SSSR count). The van der Waals surface area contributed by atoms with Crippen LogP contribution in [0.25, 0.3) is 0 Å². The standard InChI is InChI=1S/C18H23ClN4O/c1-12-9-17(13(2)23(12)16-3-4-16)18(24)21-7-5-15(6-8-21)22-11-14(19)10-20-22/h9-11,15-16H,3-8H2,1-2H3. The van der Waals surface area contributed by atoms with Gasteiger partial charge in [-0.25, -0.2) is 0 Å². The summed E-state index contributed by atoms with van der Waals surface area (Å²) in [5.74, 6) is 0.173. The molecule has 1 saturated carbocycles. The summed E-state index contributed by atoms with van der Waals surface area (Å²) in [5.41, 5.74) is 3.21. The van der Waals surface area contributed by atoms with E-state index in [1.807, 2.05) is 15.8 Å². The smallest absolute Gasteiger partial charge is 0.255 e. The third-order valence-electron chi connectivity index (χ3n) is 5.32. The highest BCUT2D eigenvalue weighted by Crippen LogP contribution is 2.38. The number of rotatable bonds is 3. The number of aromatic nitrogens is 3. The molecule has 6 heteroatoms. The van der Waals surface area contributed by atoms with Crippen molar-refractivity contribution in [3.8, 4) is 0 Å². The van der Waals surface area contributed by atoms with Gasteiger partial charge in [0.2, 0.25) is 0 Å². The molecule has 0 radical (unpaired) electrons. The van der Waals surface area contributed by atoms with Gasteiger partial charge in [0.05, 0.1) is 22.8 Å². The molecule has 1 amide bonds. The second-order valence-electron chi connectivity index (χ2n) is 7.05. The van der Waals surface area contributed by atoms with E-state index in [2.05, 4.69) is 29.6 Å². The van der Waals surface area contributed by atoms with Crippen LogP contribution in [0.15, 0.2) is 18.5 Å². The van der Waals surface area contributed by atoms with Crippen molar-refractivity contribution in [1.29, 1.82) is 0 Å². The van der Waals surface area contributed by atoms with Crippen molar-refractivity contribution in [3.63, 3.8) is 0 Å². The summed E-state index contributed by atoms with van der Waals surface area (Å²) < 4.78 is 4.27. The van der Waals surface area contributed by atoms with E-state index in [0.29, 0.717) is 17.1 Å². The molecule has 0 spiro atoms. The molecule has 2 aromatic heterocycles. The van der Waals surface area contributed by atoms with E-state index in [-0.39, 0.29) is 5.91 Å². The van der Waals surface area contributed by atoms with Crippen molar-refractivity contribution in [3.05, 3.63) is 40.4 Å². The van der Waals surface area contributed by atoms with Crippen LogP contribution < -0.4 is 0 Å². The maximum atomic E-state index is 12.9. The first-order chi connectivity index (χ1) is 11.5. The van der Waals surface area contributed by atoms with Gasteiger partial charge in [0.25, 0.3) is 5.91 Å². The van der Waals surface area contributed by atoms with Crippen LogP contribution in [-0.4, -0.2) is 38.2 Å². The Morgan fingerprint density at radius 1 is 1.17 bits per heavy atom. The van der Waals surface area contributed by atoms with Gasteiger partial charge in [0, 0.05) is 36.7 Å². The molecule has 2 aliphatic rings. The number of carbonyl (C=O) groups excluding carboxylic acids is 1. The number of aryl methyl sites for hydroxylation is 1.